The summed E-state index contributed by atoms with van der Waals surface area (Å²) in [6.45, 7) is 0.895. The van der Waals surface area contributed by atoms with Gasteiger partial charge in [0.2, 0.25) is 5.91 Å². The van der Waals surface area contributed by atoms with Crippen LogP contribution < -0.4 is 21.5 Å². The molecule has 4 aromatic rings. The lowest BCUT2D eigenvalue weighted by Gasteiger charge is -2.19. The van der Waals surface area contributed by atoms with E-state index in [9.17, 15) is 9.59 Å². The number of hydrazine groups is 1. The maximum atomic E-state index is 13.1. The number of carbonyl (C=O) groups excluding carboxylic acids is 2. The Morgan fingerprint density at radius 2 is 1.63 bits per heavy atom. The molecule has 0 radical (unpaired) electrons. The molecular formula is C27H28ClN5O2. The second kappa shape index (κ2) is 12.1. The van der Waals surface area contributed by atoms with Crippen LogP contribution in [-0.2, 0) is 24.2 Å². The first-order valence-electron chi connectivity index (χ1n) is 11.5. The van der Waals surface area contributed by atoms with Gasteiger partial charge >= 0.3 is 6.03 Å². The SMILES string of the molecule is O=C(NNCc1ccc(Cl)cc1)NC(Cc1c[nH]c2ccccc12)C(=O)NCCc1ccccc1. The minimum absolute atomic E-state index is 0.237. The monoisotopic (exact) mass is 489 g/mol. The highest BCUT2D eigenvalue weighted by atomic mass is 35.5. The summed E-state index contributed by atoms with van der Waals surface area (Å²) < 4.78 is 0. The Kier molecular flexibility index (Phi) is 8.38. The molecule has 5 N–H and O–H groups in total. The van der Waals surface area contributed by atoms with Gasteiger partial charge in [0.05, 0.1) is 0 Å². The number of H-pyrrole nitrogens is 1. The predicted octanol–water partition coefficient (Wildman–Crippen LogP) is 4.10. The van der Waals surface area contributed by atoms with Crippen molar-refractivity contribution in [3.05, 3.63) is 107 Å². The van der Waals surface area contributed by atoms with Gasteiger partial charge in [-0.3, -0.25) is 10.2 Å². The number of nitrogens with one attached hydrogen (secondary N) is 5. The molecule has 0 bridgehead atoms. The molecule has 0 aliphatic rings. The molecule has 8 heteroatoms. The predicted molar refractivity (Wildman–Crippen MR) is 139 cm³/mol. The third kappa shape index (κ3) is 7.09. The lowest BCUT2D eigenvalue weighted by atomic mass is 10.0. The maximum Gasteiger partial charge on any atom is 0.329 e. The van der Waals surface area contributed by atoms with Gasteiger partial charge in [0.1, 0.15) is 6.04 Å². The van der Waals surface area contributed by atoms with Crippen molar-refractivity contribution < 1.29 is 9.59 Å². The van der Waals surface area contributed by atoms with E-state index in [1.807, 2.05) is 72.9 Å². The van der Waals surface area contributed by atoms with E-state index in [0.29, 0.717) is 31.0 Å². The number of hydrogen-bond donors (Lipinski definition) is 5. The number of para-hydroxylation sites is 1. The number of carbonyl (C=O) groups is 2. The highest BCUT2D eigenvalue weighted by molar-refractivity contribution is 6.30. The number of urea groups is 1. The summed E-state index contributed by atoms with van der Waals surface area (Å²) in [6.07, 6.45) is 2.94. The van der Waals surface area contributed by atoms with Crippen LogP contribution in [0.5, 0.6) is 0 Å². The van der Waals surface area contributed by atoms with Gasteiger partial charge in [-0.15, -0.1) is 0 Å². The molecule has 0 saturated heterocycles. The summed E-state index contributed by atoms with van der Waals surface area (Å²) in [7, 11) is 0. The first-order chi connectivity index (χ1) is 17.1. The van der Waals surface area contributed by atoms with E-state index < -0.39 is 12.1 Å². The van der Waals surface area contributed by atoms with E-state index >= 15 is 0 Å². The molecule has 0 saturated carbocycles. The van der Waals surface area contributed by atoms with E-state index in [-0.39, 0.29) is 5.91 Å². The van der Waals surface area contributed by atoms with Gasteiger partial charge in [0.25, 0.3) is 0 Å². The average molecular weight is 490 g/mol. The molecule has 1 aromatic heterocycles. The number of aromatic amines is 1. The van der Waals surface area contributed by atoms with E-state index in [0.717, 1.165) is 27.6 Å². The zero-order valence-electron chi connectivity index (χ0n) is 19.2. The minimum Gasteiger partial charge on any atom is -0.361 e. The fourth-order valence-electron chi connectivity index (χ4n) is 3.85. The van der Waals surface area contributed by atoms with Crippen molar-refractivity contribution >= 4 is 34.4 Å². The van der Waals surface area contributed by atoms with Crippen molar-refractivity contribution in [1.29, 1.82) is 0 Å². The van der Waals surface area contributed by atoms with Crippen LogP contribution in [0.4, 0.5) is 4.79 Å². The molecule has 35 heavy (non-hydrogen) atoms. The summed E-state index contributed by atoms with van der Waals surface area (Å²) in [5.41, 5.74) is 9.53. The molecule has 4 rings (SSSR count). The number of aromatic nitrogens is 1. The second-order valence-corrected chi connectivity index (χ2v) is 8.66. The van der Waals surface area contributed by atoms with Gasteiger partial charge in [0, 0.05) is 41.6 Å². The van der Waals surface area contributed by atoms with Gasteiger partial charge in [-0.05, 0) is 41.3 Å². The Hall–Kier alpha value is -3.81. The van der Waals surface area contributed by atoms with Crippen molar-refractivity contribution in [2.45, 2.75) is 25.4 Å². The van der Waals surface area contributed by atoms with Crippen LogP contribution in [0, 0.1) is 0 Å². The standard InChI is InChI=1S/C27H28ClN5O2/c28-22-12-10-20(11-13-22)17-31-33-27(35)32-25(16-21-18-30-24-9-5-4-8-23(21)24)26(34)29-15-14-19-6-2-1-3-7-19/h1-13,18,25,30-31H,14-17H2,(H,29,34)(H2,32,33,35). The molecular weight excluding hydrogens is 462 g/mol. The quantitative estimate of drug-likeness (QED) is 0.217. The summed E-state index contributed by atoms with van der Waals surface area (Å²) >= 11 is 5.91. The van der Waals surface area contributed by atoms with E-state index in [4.69, 9.17) is 11.6 Å². The van der Waals surface area contributed by atoms with Crippen molar-refractivity contribution in [2.24, 2.45) is 0 Å². The van der Waals surface area contributed by atoms with Crippen LogP contribution in [0.2, 0.25) is 5.02 Å². The first-order valence-corrected chi connectivity index (χ1v) is 11.9. The zero-order chi connectivity index (χ0) is 24.5. The Bertz CT molecular complexity index is 1260. The molecule has 180 valence electrons. The molecule has 1 atom stereocenters. The molecule has 3 amide bonds. The van der Waals surface area contributed by atoms with E-state index in [1.165, 1.54) is 0 Å². The largest absolute Gasteiger partial charge is 0.361 e. The highest BCUT2D eigenvalue weighted by Gasteiger charge is 2.22. The van der Waals surface area contributed by atoms with Crippen molar-refractivity contribution in [2.75, 3.05) is 6.54 Å². The van der Waals surface area contributed by atoms with E-state index in [1.54, 1.807) is 12.1 Å². The third-order valence-electron chi connectivity index (χ3n) is 5.68. The first kappa shape index (κ1) is 24.3. The molecule has 7 nitrogen and oxygen atoms in total. The number of hydrogen-bond acceptors (Lipinski definition) is 3. The number of fused-ring (bicyclic) bond motifs is 1. The normalized spacial score (nSPS) is 11.7. The van der Waals surface area contributed by atoms with Gasteiger partial charge in [-0.1, -0.05) is 72.3 Å². The van der Waals surface area contributed by atoms with Crippen LogP contribution in [-0.4, -0.2) is 29.5 Å². The number of rotatable bonds is 10. The number of benzene rings is 3. The maximum absolute atomic E-state index is 13.1. The molecule has 0 aliphatic heterocycles. The van der Waals surface area contributed by atoms with Crippen LogP contribution in [0.25, 0.3) is 10.9 Å². The Morgan fingerprint density at radius 1 is 0.886 bits per heavy atom. The third-order valence-corrected chi connectivity index (χ3v) is 5.94. The Morgan fingerprint density at radius 3 is 2.43 bits per heavy atom. The van der Waals surface area contributed by atoms with Crippen molar-refractivity contribution in [1.82, 2.24) is 26.5 Å². The Balaban J connectivity index is 1.37. The fourth-order valence-corrected chi connectivity index (χ4v) is 3.98. The molecule has 1 heterocycles. The van der Waals surface area contributed by atoms with Crippen LogP contribution in [0.3, 0.4) is 0 Å². The number of amides is 3. The van der Waals surface area contributed by atoms with Crippen molar-refractivity contribution in [3.8, 4) is 0 Å². The highest BCUT2D eigenvalue weighted by Crippen LogP contribution is 2.19. The lowest BCUT2D eigenvalue weighted by Crippen LogP contribution is -2.53. The number of halogens is 1. The average Bonchev–Trinajstić information content (AvgIpc) is 3.28. The molecule has 0 aliphatic carbocycles. The molecule has 0 fully saturated rings. The van der Waals surface area contributed by atoms with Gasteiger partial charge < -0.3 is 15.6 Å². The second-order valence-electron chi connectivity index (χ2n) is 8.22. The zero-order valence-corrected chi connectivity index (χ0v) is 19.9. The van der Waals surface area contributed by atoms with Crippen LogP contribution in [0.1, 0.15) is 16.7 Å². The lowest BCUT2D eigenvalue weighted by molar-refractivity contribution is -0.122. The fraction of sp³-hybridized carbons (Fsp3) is 0.185. The summed E-state index contributed by atoms with van der Waals surface area (Å²) in [5.74, 6) is -0.237. The van der Waals surface area contributed by atoms with Crippen LogP contribution >= 0.6 is 11.6 Å². The Labute approximate surface area is 209 Å². The van der Waals surface area contributed by atoms with Gasteiger partial charge in [0.15, 0.2) is 0 Å². The molecule has 1 unspecified atom stereocenters. The van der Waals surface area contributed by atoms with Gasteiger partial charge in [-0.2, -0.15) is 0 Å². The summed E-state index contributed by atoms with van der Waals surface area (Å²) in [5, 5.41) is 7.44. The summed E-state index contributed by atoms with van der Waals surface area (Å²) in [6, 6.07) is 23.9. The molecule has 3 aromatic carbocycles. The molecule has 0 spiro atoms. The van der Waals surface area contributed by atoms with Crippen molar-refractivity contribution in [3.63, 3.8) is 0 Å². The van der Waals surface area contributed by atoms with Gasteiger partial charge in [-0.25, -0.2) is 10.2 Å². The topological polar surface area (TPSA) is 98.1 Å². The minimum atomic E-state index is -0.748. The smallest absolute Gasteiger partial charge is 0.329 e. The van der Waals surface area contributed by atoms with Crippen LogP contribution in [0.15, 0.2) is 85.1 Å². The van der Waals surface area contributed by atoms with E-state index in [2.05, 4.69) is 26.5 Å². The summed E-state index contributed by atoms with van der Waals surface area (Å²) in [4.78, 5) is 28.9.